The third kappa shape index (κ3) is 3.09. The van der Waals surface area contributed by atoms with Crippen LogP contribution in [-0.4, -0.2) is 5.11 Å². The molecule has 2 rings (SSSR count). The summed E-state index contributed by atoms with van der Waals surface area (Å²) in [5, 5.41) is 18.0. The fraction of sp³-hybridized carbons (Fsp3) is 0.133. The predicted octanol–water partition coefficient (Wildman–Crippen LogP) is 3.05. The van der Waals surface area contributed by atoms with Gasteiger partial charge in [0.25, 0.3) is 0 Å². The summed E-state index contributed by atoms with van der Waals surface area (Å²) in [6, 6.07) is 17.0. The zero-order chi connectivity index (χ0) is 12.1. The lowest BCUT2D eigenvalue weighted by Gasteiger charge is -2.02. The van der Waals surface area contributed by atoms with Crippen molar-refractivity contribution in [1.29, 1.82) is 5.26 Å². The number of rotatable bonds is 3. The quantitative estimate of drug-likeness (QED) is 0.869. The van der Waals surface area contributed by atoms with Gasteiger partial charge in [-0.1, -0.05) is 24.3 Å². The average Bonchev–Trinajstić information content (AvgIpc) is 2.38. The molecule has 0 radical (unpaired) electrons. The number of phenolic OH excluding ortho intramolecular Hbond substituents is 1. The summed E-state index contributed by atoms with van der Waals surface area (Å²) in [4.78, 5) is 0. The van der Waals surface area contributed by atoms with Crippen molar-refractivity contribution in [3.8, 4) is 11.8 Å². The van der Waals surface area contributed by atoms with Gasteiger partial charge in [0.05, 0.1) is 11.6 Å². The molecule has 0 fully saturated rings. The van der Waals surface area contributed by atoms with Crippen molar-refractivity contribution >= 4 is 0 Å². The zero-order valence-corrected chi connectivity index (χ0v) is 9.43. The van der Waals surface area contributed by atoms with E-state index < -0.39 is 0 Å². The first-order chi connectivity index (χ1) is 8.28. The van der Waals surface area contributed by atoms with Crippen molar-refractivity contribution in [1.82, 2.24) is 0 Å². The molecule has 0 aromatic heterocycles. The molecule has 2 aromatic rings. The minimum atomic E-state index is 0.292. The van der Waals surface area contributed by atoms with Crippen molar-refractivity contribution in [2.45, 2.75) is 12.8 Å². The molecular formula is C15H13NO. The number of hydrogen-bond acceptors (Lipinski definition) is 2. The highest BCUT2D eigenvalue weighted by Gasteiger charge is 1.98. The second-order valence-corrected chi connectivity index (χ2v) is 3.98. The van der Waals surface area contributed by atoms with E-state index in [1.54, 1.807) is 12.1 Å². The molecule has 0 saturated carbocycles. The molecule has 0 amide bonds. The summed E-state index contributed by atoms with van der Waals surface area (Å²) in [6.45, 7) is 0. The van der Waals surface area contributed by atoms with Gasteiger partial charge in [0.15, 0.2) is 0 Å². The van der Waals surface area contributed by atoms with Gasteiger partial charge in [-0.05, 0) is 48.2 Å². The first-order valence-corrected chi connectivity index (χ1v) is 5.55. The van der Waals surface area contributed by atoms with Crippen LogP contribution in [0.2, 0.25) is 0 Å². The van der Waals surface area contributed by atoms with Gasteiger partial charge in [0, 0.05) is 0 Å². The lowest BCUT2D eigenvalue weighted by Crippen LogP contribution is -1.91. The van der Waals surface area contributed by atoms with Crippen molar-refractivity contribution in [3.63, 3.8) is 0 Å². The Kier molecular flexibility index (Phi) is 3.42. The number of nitrogens with zero attached hydrogens (tertiary/aromatic N) is 1. The summed E-state index contributed by atoms with van der Waals surface area (Å²) in [7, 11) is 0. The third-order valence-corrected chi connectivity index (χ3v) is 2.69. The molecule has 1 N–H and O–H groups in total. The second kappa shape index (κ2) is 5.18. The molecule has 0 heterocycles. The number of nitriles is 1. The molecule has 0 spiro atoms. The summed E-state index contributed by atoms with van der Waals surface area (Å²) in [6.07, 6.45) is 1.81. The highest BCUT2D eigenvalue weighted by Crippen LogP contribution is 2.13. The van der Waals surface area contributed by atoms with E-state index in [0.717, 1.165) is 18.4 Å². The Morgan fingerprint density at radius 3 is 2.35 bits per heavy atom. The lowest BCUT2D eigenvalue weighted by molar-refractivity contribution is 0.475. The standard InChI is InChI=1S/C15H13NO/c16-11-14-3-1-2-13(10-14)5-4-12-6-8-15(17)9-7-12/h1-3,6-10,17H,4-5H2. The Morgan fingerprint density at radius 2 is 1.65 bits per heavy atom. The number of hydrogen-bond donors (Lipinski definition) is 1. The lowest BCUT2D eigenvalue weighted by atomic mass is 10.0. The van der Waals surface area contributed by atoms with E-state index in [-0.39, 0.29) is 0 Å². The number of aromatic hydroxyl groups is 1. The van der Waals surface area contributed by atoms with E-state index in [1.165, 1.54) is 5.56 Å². The highest BCUT2D eigenvalue weighted by molar-refractivity contribution is 5.33. The third-order valence-electron chi connectivity index (χ3n) is 2.69. The van der Waals surface area contributed by atoms with Gasteiger partial charge in [-0.2, -0.15) is 5.26 Å². The van der Waals surface area contributed by atoms with E-state index in [4.69, 9.17) is 5.26 Å². The van der Waals surface area contributed by atoms with Gasteiger partial charge in [-0.3, -0.25) is 0 Å². The molecule has 0 bridgehead atoms. The Balaban J connectivity index is 2.02. The van der Waals surface area contributed by atoms with Crippen LogP contribution in [0.4, 0.5) is 0 Å². The smallest absolute Gasteiger partial charge is 0.115 e. The molecule has 2 heteroatoms. The molecule has 0 aliphatic heterocycles. The fourth-order valence-corrected chi connectivity index (χ4v) is 1.75. The summed E-state index contributed by atoms with van der Waals surface area (Å²) in [5.74, 6) is 0.292. The maximum Gasteiger partial charge on any atom is 0.115 e. The van der Waals surface area contributed by atoms with Crippen LogP contribution in [-0.2, 0) is 12.8 Å². The van der Waals surface area contributed by atoms with Gasteiger partial charge in [-0.15, -0.1) is 0 Å². The van der Waals surface area contributed by atoms with Gasteiger partial charge < -0.3 is 5.11 Å². The van der Waals surface area contributed by atoms with Gasteiger partial charge in [0.2, 0.25) is 0 Å². The van der Waals surface area contributed by atoms with Crippen LogP contribution in [0, 0.1) is 11.3 Å². The Labute approximate surface area is 101 Å². The number of phenols is 1. The van der Waals surface area contributed by atoms with Crippen molar-refractivity contribution in [2.24, 2.45) is 0 Å². The molecule has 0 aliphatic carbocycles. The Morgan fingerprint density at radius 1 is 0.941 bits per heavy atom. The molecule has 0 saturated heterocycles. The zero-order valence-electron chi connectivity index (χ0n) is 9.43. The molecule has 0 aliphatic rings. The maximum absolute atomic E-state index is 9.17. The molecule has 0 atom stereocenters. The van der Waals surface area contributed by atoms with Crippen LogP contribution in [0.25, 0.3) is 0 Å². The van der Waals surface area contributed by atoms with Crippen LogP contribution >= 0.6 is 0 Å². The van der Waals surface area contributed by atoms with Gasteiger partial charge in [-0.25, -0.2) is 0 Å². The van der Waals surface area contributed by atoms with E-state index in [2.05, 4.69) is 6.07 Å². The minimum absolute atomic E-state index is 0.292. The maximum atomic E-state index is 9.17. The van der Waals surface area contributed by atoms with Crippen LogP contribution in [0.15, 0.2) is 48.5 Å². The van der Waals surface area contributed by atoms with Crippen LogP contribution in [0.5, 0.6) is 5.75 Å². The van der Waals surface area contributed by atoms with E-state index in [0.29, 0.717) is 11.3 Å². The van der Waals surface area contributed by atoms with Crippen molar-refractivity contribution in [2.75, 3.05) is 0 Å². The molecule has 84 valence electrons. The topological polar surface area (TPSA) is 44.0 Å². The minimum Gasteiger partial charge on any atom is -0.508 e. The SMILES string of the molecule is N#Cc1cccc(CCc2ccc(O)cc2)c1. The van der Waals surface area contributed by atoms with Crippen LogP contribution in [0.1, 0.15) is 16.7 Å². The summed E-state index contributed by atoms with van der Waals surface area (Å²) >= 11 is 0. The second-order valence-electron chi connectivity index (χ2n) is 3.98. The van der Waals surface area contributed by atoms with E-state index in [9.17, 15) is 5.11 Å². The van der Waals surface area contributed by atoms with Gasteiger partial charge in [0.1, 0.15) is 5.75 Å². The average molecular weight is 223 g/mol. The van der Waals surface area contributed by atoms with E-state index in [1.807, 2.05) is 36.4 Å². The largest absolute Gasteiger partial charge is 0.508 e. The van der Waals surface area contributed by atoms with Crippen LogP contribution in [0.3, 0.4) is 0 Å². The first-order valence-electron chi connectivity index (χ1n) is 5.55. The molecule has 2 aromatic carbocycles. The first kappa shape index (κ1) is 11.2. The van der Waals surface area contributed by atoms with E-state index >= 15 is 0 Å². The van der Waals surface area contributed by atoms with Crippen molar-refractivity contribution < 1.29 is 5.11 Å². The summed E-state index contributed by atoms with van der Waals surface area (Å²) in [5.41, 5.74) is 3.05. The molecule has 2 nitrogen and oxygen atoms in total. The van der Waals surface area contributed by atoms with Crippen LogP contribution < -0.4 is 0 Å². The fourth-order valence-electron chi connectivity index (χ4n) is 1.75. The molecule has 17 heavy (non-hydrogen) atoms. The Bertz CT molecular complexity index is 538. The summed E-state index contributed by atoms with van der Waals surface area (Å²) < 4.78 is 0. The molecule has 0 unspecified atom stereocenters. The number of aryl methyl sites for hydroxylation is 2. The number of benzene rings is 2. The molecular weight excluding hydrogens is 210 g/mol. The predicted molar refractivity (Wildman–Crippen MR) is 66.7 cm³/mol. The van der Waals surface area contributed by atoms with Crippen molar-refractivity contribution in [3.05, 3.63) is 65.2 Å². The Hall–Kier alpha value is -2.27. The monoisotopic (exact) mass is 223 g/mol. The van der Waals surface area contributed by atoms with Gasteiger partial charge >= 0.3 is 0 Å². The normalized spacial score (nSPS) is 9.82. The highest BCUT2D eigenvalue weighted by atomic mass is 16.3.